The maximum Gasteiger partial charge on any atom is 0.00667 e. The summed E-state index contributed by atoms with van der Waals surface area (Å²) in [6.45, 7) is 2.31. The molecule has 1 unspecified atom stereocenters. The zero-order chi connectivity index (χ0) is 7.40. The highest BCUT2D eigenvalue weighted by molar-refractivity contribution is 4.75. The first kappa shape index (κ1) is 8.06. The lowest BCUT2D eigenvalue weighted by molar-refractivity contribution is 0.289. The Balaban J connectivity index is 2.25. The molecule has 1 aliphatic carbocycles. The second kappa shape index (κ2) is 3.97. The zero-order valence-corrected chi connectivity index (χ0v) is 7.19. The monoisotopic (exact) mass is 141 g/mol. The van der Waals surface area contributed by atoms with Gasteiger partial charge in [0.2, 0.25) is 0 Å². The van der Waals surface area contributed by atoms with E-state index in [0.717, 1.165) is 12.0 Å². The van der Waals surface area contributed by atoms with E-state index in [9.17, 15) is 0 Å². The van der Waals surface area contributed by atoms with Crippen LogP contribution >= 0.6 is 0 Å². The maximum atomic E-state index is 3.37. The van der Waals surface area contributed by atoms with Crippen molar-refractivity contribution in [2.45, 2.75) is 45.1 Å². The molecule has 1 fully saturated rings. The zero-order valence-electron chi connectivity index (χ0n) is 7.19. The van der Waals surface area contributed by atoms with Crippen molar-refractivity contribution in [1.29, 1.82) is 0 Å². The van der Waals surface area contributed by atoms with Gasteiger partial charge in [0.25, 0.3) is 0 Å². The van der Waals surface area contributed by atoms with E-state index in [4.69, 9.17) is 0 Å². The fraction of sp³-hybridized carbons (Fsp3) is 1.00. The molecule has 0 bridgehead atoms. The van der Waals surface area contributed by atoms with Crippen molar-refractivity contribution in [3.05, 3.63) is 0 Å². The van der Waals surface area contributed by atoms with Gasteiger partial charge in [0.1, 0.15) is 0 Å². The van der Waals surface area contributed by atoms with Gasteiger partial charge >= 0.3 is 0 Å². The minimum atomic E-state index is 0.818. The lowest BCUT2D eigenvalue weighted by Crippen LogP contribution is -2.30. The van der Waals surface area contributed by atoms with E-state index >= 15 is 0 Å². The quantitative estimate of drug-likeness (QED) is 0.621. The van der Waals surface area contributed by atoms with Crippen LogP contribution in [0.3, 0.4) is 0 Å². The highest BCUT2D eigenvalue weighted by atomic mass is 14.9. The summed E-state index contributed by atoms with van der Waals surface area (Å²) in [5, 5.41) is 3.37. The maximum absolute atomic E-state index is 3.37. The van der Waals surface area contributed by atoms with Crippen molar-refractivity contribution < 1.29 is 0 Å². The van der Waals surface area contributed by atoms with Crippen LogP contribution in [0.15, 0.2) is 0 Å². The molecule has 10 heavy (non-hydrogen) atoms. The Morgan fingerprint density at radius 2 is 2.20 bits per heavy atom. The van der Waals surface area contributed by atoms with Gasteiger partial charge in [0, 0.05) is 6.04 Å². The van der Waals surface area contributed by atoms with Crippen molar-refractivity contribution in [3.63, 3.8) is 0 Å². The Bertz CT molecular complexity index is 80.7. The average Bonchev–Trinajstić information content (AvgIpc) is 2.05. The first-order chi connectivity index (χ1) is 4.86. The molecule has 0 aromatic carbocycles. The van der Waals surface area contributed by atoms with Crippen LogP contribution in [0, 0.1) is 5.92 Å². The average molecular weight is 141 g/mol. The van der Waals surface area contributed by atoms with Crippen LogP contribution in [0.1, 0.15) is 39.0 Å². The third-order valence-electron chi connectivity index (χ3n) is 2.77. The fourth-order valence-electron chi connectivity index (χ4n) is 1.92. The Hall–Kier alpha value is -0.0400. The van der Waals surface area contributed by atoms with Gasteiger partial charge in [0.15, 0.2) is 0 Å². The lowest BCUT2D eigenvalue weighted by atomic mass is 9.84. The predicted octanol–water partition coefficient (Wildman–Crippen LogP) is 2.17. The van der Waals surface area contributed by atoms with Gasteiger partial charge in [-0.2, -0.15) is 0 Å². The SMILES string of the molecule is CC[C@H]1CCCC(NC)C1. The fourth-order valence-corrected chi connectivity index (χ4v) is 1.92. The van der Waals surface area contributed by atoms with E-state index < -0.39 is 0 Å². The second-order valence-corrected chi connectivity index (χ2v) is 3.43. The van der Waals surface area contributed by atoms with E-state index in [-0.39, 0.29) is 0 Å². The summed E-state index contributed by atoms with van der Waals surface area (Å²) in [6, 6.07) is 0.818. The summed E-state index contributed by atoms with van der Waals surface area (Å²) < 4.78 is 0. The van der Waals surface area contributed by atoms with Crippen LogP contribution in [0.25, 0.3) is 0 Å². The topological polar surface area (TPSA) is 12.0 Å². The van der Waals surface area contributed by atoms with Gasteiger partial charge in [-0.05, 0) is 25.8 Å². The minimum absolute atomic E-state index is 0.818. The summed E-state index contributed by atoms with van der Waals surface area (Å²) in [5.41, 5.74) is 0. The molecule has 0 saturated heterocycles. The summed E-state index contributed by atoms with van der Waals surface area (Å²) in [5.74, 6) is 1.01. The Kier molecular flexibility index (Phi) is 3.20. The van der Waals surface area contributed by atoms with Crippen LogP contribution < -0.4 is 5.32 Å². The predicted molar refractivity (Wildman–Crippen MR) is 45.1 cm³/mol. The molecule has 1 N–H and O–H groups in total. The van der Waals surface area contributed by atoms with Crippen LogP contribution in [-0.2, 0) is 0 Å². The Labute approximate surface area is 64.2 Å². The van der Waals surface area contributed by atoms with E-state index in [0.29, 0.717) is 0 Å². The highest BCUT2D eigenvalue weighted by Crippen LogP contribution is 2.25. The molecule has 0 radical (unpaired) electrons. The third-order valence-corrected chi connectivity index (χ3v) is 2.77. The molecule has 0 amide bonds. The Morgan fingerprint density at radius 1 is 1.40 bits per heavy atom. The smallest absolute Gasteiger partial charge is 0.00667 e. The number of nitrogens with one attached hydrogen (secondary N) is 1. The highest BCUT2D eigenvalue weighted by Gasteiger charge is 2.18. The minimum Gasteiger partial charge on any atom is -0.317 e. The Morgan fingerprint density at radius 3 is 2.80 bits per heavy atom. The van der Waals surface area contributed by atoms with Crippen molar-refractivity contribution in [2.75, 3.05) is 7.05 Å². The molecule has 0 aromatic heterocycles. The lowest BCUT2D eigenvalue weighted by Gasteiger charge is -2.27. The molecule has 1 aliphatic rings. The summed E-state index contributed by atoms with van der Waals surface area (Å²) in [4.78, 5) is 0. The first-order valence-corrected chi connectivity index (χ1v) is 4.54. The van der Waals surface area contributed by atoms with Crippen molar-refractivity contribution in [1.82, 2.24) is 5.32 Å². The van der Waals surface area contributed by atoms with Crippen molar-refractivity contribution >= 4 is 0 Å². The normalized spacial score (nSPS) is 34.2. The molecular formula is C9H19N. The van der Waals surface area contributed by atoms with E-state index in [1.165, 1.54) is 32.1 Å². The molecule has 0 spiro atoms. The number of hydrogen-bond acceptors (Lipinski definition) is 1. The van der Waals surface area contributed by atoms with Crippen LogP contribution in [0.2, 0.25) is 0 Å². The van der Waals surface area contributed by atoms with Gasteiger partial charge in [-0.3, -0.25) is 0 Å². The van der Waals surface area contributed by atoms with E-state index in [1.54, 1.807) is 0 Å². The molecule has 0 aromatic rings. The van der Waals surface area contributed by atoms with Gasteiger partial charge in [-0.25, -0.2) is 0 Å². The largest absolute Gasteiger partial charge is 0.317 e. The van der Waals surface area contributed by atoms with Gasteiger partial charge < -0.3 is 5.32 Å². The molecule has 60 valence electrons. The van der Waals surface area contributed by atoms with Crippen molar-refractivity contribution in [3.8, 4) is 0 Å². The van der Waals surface area contributed by atoms with E-state index in [1.807, 2.05) is 0 Å². The summed E-state index contributed by atoms with van der Waals surface area (Å²) >= 11 is 0. The molecule has 0 aliphatic heterocycles. The van der Waals surface area contributed by atoms with Crippen LogP contribution in [0.4, 0.5) is 0 Å². The summed E-state index contributed by atoms with van der Waals surface area (Å²) in [7, 11) is 2.09. The van der Waals surface area contributed by atoms with Crippen LogP contribution in [0.5, 0.6) is 0 Å². The standard InChI is InChI=1S/C9H19N/c1-3-8-5-4-6-9(7-8)10-2/h8-10H,3-7H2,1-2H3/t8-,9?/m0/s1. The molecule has 1 saturated carbocycles. The summed E-state index contributed by atoms with van der Waals surface area (Å²) in [6.07, 6.45) is 7.08. The van der Waals surface area contributed by atoms with Gasteiger partial charge in [-0.15, -0.1) is 0 Å². The molecular weight excluding hydrogens is 122 g/mol. The third kappa shape index (κ3) is 1.98. The number of rotatable bonds is 2. The molecule has 2 atom stereocenters. The first-order valence-electron chi connectivity index (χ1n) is 4.54. The van der Waals surface area contributed by atoms with Crippen LogP contribution in [-0.4, -0.2) is 13.1 Å². The van der Waals surface area contributed by atoms with Gasteiger partial charge in [-0.1, -0.05) is 26.2 Å². The molecule has 1 rings (SSSR count). The van der Waals surface area contributed by atoms with E-state index in [2.05, 4.69) is 19.3 Å². The molecule has 0 heterocycles. The molecule has 1 nitrogen and oxygen atoms in total. The second-order valence-electron chi connectivity index (χ2n) is 3.43. The van der Waals surface area contributed by atoms with Gasteiger partial charge in [0.05, 0.1) is 0 Å². The number of hydrogen-bond donors (Lipinski definition) is 1. The molecule has 1 heteroatoms. The van der Waals surface area contributed by atoms with Crippen molar-refractivity contribution in [2.24, 2.45) is 5.92 Å².